The number of hydrogen-bond donors (Lipinski definition) is 1. The Kier molecular flexibility index (Phi) is 1.86. The first kappa shape index (κ1) is 8.91. The van der Waals surface area contributed by atoms with Gasteiger partial charge in [0, 0.05) is 30.0 Å². The zero-order chi connectivity index (χ0) is 11.0. The van der Waals surface area contributed by atoms with Gasteiger partial charge in [0.05, 0.1) is 17.6 Å². The molecular weight excluding hydrogens is 200 g/mol. The number of nitrogens with two attached hydrogens (primary N) is 1. The molecule has 1 radical (unpaired) electrons. The van der Waals surface area contributed by atoms with Crippen LogP contribution in [0, 0.1) is 6.07 Å². The van der Waals surface area contributed by atoms with Crippen LogP contribution in [0.5, 0.6) is 0 Å². The molecule has 0 amide bonds. The Bertz CT molecular complexity index is 642. The second-order valence-corrected chi connectivity index (χ2v) is 3.51. The Morgan fingerprint density at radius 1 is 1.31 bits per heavy atom. The molecule has 2 N–H and O–H groups in total. The van der Waals surface area contributed by atoms with E-state index >= 15 is 0 Å². The summed E-state index contributed by atoms with van der Waals surface area (Å²) in [7, 11) is 0. The summed E-state index contributed by atoms with van der Waals surface area (Å²) in [4.78, 5) is 8.35. The quantitative estimate of drug-likeness (QED) is 0.664. The molecule has 0 saturated carbocycles. The fourth-order valence-corrected chi connectivity index (χ4v) is 1.70. The van der Waals surface area contributed by atoms with Crippen molar-refractivity contribution in [1.82, 2.24) is 14.5 Å². The lowest BCUT2D eigenvalue weighted by atomic mass is 10.3. The zero-order valence-corrected chi connectivity index (χ0v) is 8.46. The number of rotatable bonds is 1. The van der Waals surface area contributed by atoms with Crippen LogP contribution >= 0.6 is 0 Å². The van der Waals surface area contributed by atoms with Gasteiger partial charge in [0.15, 0.2) is 0 Å². The van der Waals surface area contributed by atoms with E-state index in [9.17, 15) is 0 Å². The Hall–Kier alpha value is -2.36. The molecule has 3 heterocycles. The van der Waals surface area contributed by atoms with E-state index in [4.69, 9.17) is 5.73 Å². The molecule has 0 saturated heterocycles. The molecule has 16 heavy (non-hydrogen) atoms. The smallest absolute Gasteiger partial charge is 0.144 e. The number of nitrogens with zero attached hydrogens (tertiary/aromatic N) is 3. The SMILES string of the molecule is Nc1cncc(-n2ccc3c[c]cnc32)c1. The predicted molar refractivity (Wildman–Crippen MR) is 62.1 cm³/mol. The molecule has 4 heteroatoms. The third-order valence-corrected chi connectivity index (χ3v) is 2.41. The van der Waals surface area contributed by atoms with Crippen LogP contribution in [0.4, 0.5) is 5.69 Å². The summed E-state index contributed by atoms with van der Waals surface area (Å²) in [5.41, 5.74) is 8.14. The minimum atomic E-state index is 0.641. The number of aromatic nitrogens is 3. The normalized spacial score (nSPS) is 10.8. The van der Waals surface area contributed by atoms with E-state index in [1.165, 1.54) is 0 Å². The Labute approximate surface area is 92.4 Å². The van der Waals surface area contributed by atoms with Gasteiger partial charge in [0.25, 0.3) is 0 Å². The molecule has 0 aliphatic rings. The summed E-state index contributed by atoms with van der Waals surface area (Å²) in [6, 6.07) is 8.70. The van der Waals surface area contributed by atoms with Crippen LogP contribution in [0.25, 0.3) is 16.7 Å². The van der Waals surface area contributed by atoms with E-state index in [1.54, 1.807) is 18.6 Å². The first-order valence-electron chi connectivity index (χ1n) is 4.89. The van der Waals surface area contributed by atoms with Crippen LogP contribution in [0.2, 0.25) is 0 Å². The van der Waals surface area contributed by atoms with Crippen LogP contribution in [-0.4, -0.2) is 14.5 Å². The number of anilines is 1. The summed E-state index contributed by atoms with van der Waals surface area (Å²) in [6.07, 6.45) is 6.98. The molecule has 0 spiro atoms. The molecular formula is C12H9N4. The second-order valence-electron chi connectivity index (χ2n) is 3.51. The fourth-order valence-electron chi connectivity index (χ4n) is 1.70. The minimum absolute atomic E-state index is 0.641. The highest BCUT2D eigenvalue weighted by Crippen LogP contribution is 2.18. The molecule has 4 nitrogen and oxygen atoms in total. The van der Waals surface area contributed by atoms with Crippen LogP contribution in [-0.2, 0) is 0 Å². The highest BCUT2D eigenvalue weighted by atomic mass is 15.0. The minimum Gasteiger partial charge on any atom is -0.397 e. The maximum Gasteiger partial charge on any atom is 0.144 e. The maximum absolute atomic E-state index is 5.71. The third-order valence-electron chi connectivity index (χ3n) is 2.41. The number of hydrogen-bond acceptors (Lipinski definition) is 3. The van der Waals surface area contributed by atoms with Crippen molar-refractivity contribution >= 4 is 16.7 Å². The van der Waals surface area contributed by atoms with Gasteiger partial charge in [-0.25, -0.2) is 4.98 Å². The van der Waals surface area contributed by atoms with Crippen molar-refractivity contribution in [3.05, 3.63) is 49.1 Å². The Balaban J connectivity index is 2.26. The standard InChI is InChI=1S/C12H9N4/c13-10-6-11(8-14-7-10)16-5-3-9-2-1-4-15-12(9)16/h2-8H,13H2. The fraction of sp³-hybridized carbons (Fsp3) is 0. The molecule has 77 valence electrons. The van der Waals surface area contributed by atoms with Crippen LogP contribution < -0.4 is 5.73 Å². The summed E-state index contributed by atoms with van der Waals surface area (Å²) in [6.45, 7) is 0. The Morgan fingerprint density at radius 3 is 3.12 bits per heavy atom. The van der Waals surface area contributed by atoms with Crippen molar-refractivity contribution in [2.45, 2.75) is 0 Å². The van der Waals surface area contributed by atoms with Gasteiger partial charge in [-0.15, -0.1) is 0 Å². The van der Waals surface area contributed by atoms with Gasteiger partial charge < -0.3 is 5.73 Å². The maximum atomic E-state index is 5.71. The van der Waals surface area contributed by atoms with Crippen molar-refractivity contribution in [2.75, 3.05) is 5.73 Å². The van der Waals surface area contributed by atoms with E-state index in [0.717, 1.165) is 16.7 Å². The topological polar surface area (TPSA) is 56.7 Å². The van der Waals surface area contributed by atoms with Crippen LogP contribution in [0.3, 0.4) is 0 Å². The van der Waals surface area contributed by atoms with Crippen LogP contribution in [0.1, 0.15) is 0 Å². The Morgan fingerprint density at radius 2 is 2.25 bits per heavy atom. The third kappa shape index (κ3) is 1.32. The van der Waals surface area contributed by atoms with Gasteiger partial charge in [-0.1, -0.05) is 0 Å². The average molecular weight is 209 g/mol. The van der Waals surface area contributed by atoms with Gasteiger partial charge in [0.2, 0.25) is 0 Å². The van der Waals surface area contributed by atoms with Gasteiger partial charge in [-0.2, -0.15) is 0 Å². The summed E-state index contributed by atoms with van der Waals surface area (Å²) in [5, 5.41) is 1.05. The molecule has 0 bridgehead atoms. The molecule has 0 aromatic carbocycles. The predicted octanol–water partition coefficient (Wildman–Crippen LogP) is 1.80. The van der Waals surface area contributed by atoms with Crippen molar-refractivity contribution in [1.29, 1.82) is 0 Å². The van der Waals surface area contributed by atoms with Gasteiger partial charge in [-0.3, -0.25) is 9.55 Å². The van der Waals surface area contributed by atoms with Gasteiger partial charge >= 0.3 is 0 Å². The molecule has 0 aliphatic carbocycles. The second kappa shape index (κ2) is 3.34. The van der Waals surface area contributed by atoms with E-state index in [0.29, 0.717) is 5.69 Å². The molecule has 3 rings (SSSR count). The lowest BCUT2D eigenvalue weighted by molar-refractivity contribution is 1.07. The largest absolute Gasteiger partial charge is 0.397 e. The summed E-state index contributed by atoms with van der Waals surface area (Å²) < 4.78 is 1.95. The average Bonchev–Trinajstić information content (AvgIpc) is 2.72. The monoisotopic (exact) mass is 209 g/mol. The lowest BCUT2D eigenvalue weighted by Gasteiger charge is -2.04. The van der Waals surface area contributed by atoms with E-state index in [1.807, 2.05) is 29.0 Å². The van der Waals surface area contributed by atoms with Crippen molar-refractivity contribution in [3.8, 4) is 5.69 Å². The molecule has 3 aromatic heterocycles. The van der Waals surface area contributed by atoms with Gasteiger partial charge in [-0.05, 0) is 18.2 Å². The molecule has 0 unspecified atom stereocenters. The molecule has 0 fully saturated rings. The highest BCUT2D eigenvalue weighted by Gasteiger charge is 2.03. The number of nitrogen functional groups attached to an aromatic ring is 1. The molecule has 0 aliphatic heterocycles. The van der Waals surface area contributed by atoms with E-state index < -0.39 is 0 Å². The molecule has 0 atom stereocenters. The first-order chi connectivity index (χ1) is 7.84. The van der Waals surface area contributed by atoms with Crippen molar-refractivity contribution < 1.29 is 0 Å². The van der Waals surface area contributed by atoms with Crippen LogP contribution in [0.15, 0.2) is 43.0 Å². The summed E-state index contributed by atoms with van der Waals surface area (Å²) in [5.74, 6) is 0. The lowest BCUT2D eigenvalue weighted by Crippen LogP contribution is -1.96. The van der Waals surface area contributed by atoms with Gasteiger partial charge in [0.1, 0.15) is 5.65 Å². The number of pyridine rings is 2. The number of fused-ring (bicyclic) bond motifs is 1. The van der Waals surface area contributed by atoms with E-state index in [2.05, 4.69) is 16.0 Å². The highest BCUT2D eigenvalue weighted by molar-refractivity contribution is 5.77. The van der Waals surface area contributed by atoms with Crippen molar-refractivity contribution in [2.24, 2.45) is 0 Å². The molecule has 3 aromatic rings. The first-order valence-corrected chi connectivity index (χ1v) is 4.89. The van der Waals surface area contributed by atoms with E-state index in [-0.39, 0.29) is 0 Å². The van der Waals surface area contributed by atoms with Crippen molar-refractivity contribution in [3.63, 3.8) is 0 Å². The summed E-state index contributed by atoms with van der Waals surface area (Å²) >= 11 is 0. The zero-order valence-electron chi connectivity index (χ0n) is 8.46.